The highest BCUT2D eigenvalue weighted by Crippen LogP contribution is 2.40. The van der Waals surface area contributed by atoms with Crippen molar-refractivity contribution in [3.63, 3.8) is 0 Å². The third kappa shape index (κ3) is 1.04. The first-order valence-corrected chi connectivity index (χ1v) is 5.64. The van der Waals surface area contributed by atoms with Gasteiger partial charge >= 0.3 is 0 Å². The average molecular weight is 209 g/mol. The lowest BCUT2D eigenvalue weighted by atomic mass is 10.0. The summed E-state index contributed by atoms with van der Waals surface area (Å²) in [6.45, 7) is 1.13. The Balaban J connectivity index is 2.11. The lowest BCUT2D eigenvalue weighted by Gasteiger charge is -2.30. The molecule has 2 aliphatic rings. The van der Waals surface area contributed by atoms with Crippen LogP contribution in [0.15, 0.2) is 18.2 Å². The maximum atomic E-state index is 5.94. The van der Waals surface area contributed by atoms with E-state index >= 15 is 0 Å². The molecule has 1 aromatic carbocycles. The van der Waals surface area contributed by atoms with Gasteiger partial charge in [-0.3, -0.25) is 0 Å². The van der Waals surface area contributed by atoms with E-state index in [1.165, 1.54) is 29.8 Å². The van der Waals surface area contributed by atoms with Crippen molar-refractivity contribution in [2.24, 2.45) is 0 Å². The van der Waals surface area contributed by atoms with E-state index in [9.17, 15) is 0 Å². The van der Waals surface area contributed by atoms with Gasteiger partial charge in [0.1, 0.15) is 6.17 Å². The number of para-hydroxylation sites is 1. The Labute approximate surface area is 88.9 Å². The lowest BCUT2D eigenvalue weighted by Crippen LogP contribution is -2.39. The van der Waals surface area contributed by atoms with Crippen LogP contribution in [0, 0.1) is 0 Å². The summed E-state index contributed by atoms with van der Waals surface area (Å²) in [6.07, 6.45) is 2.75. The quantitative estimate of drug-likeness (QED) is 0.714. The molecule has 14 heavy (non-hydrogen) atoms. The van der Waals surface area contributed by atoms with Gasteiger partial charge in [0.25, 0.3) is 0 Å². The van der Waals surface area contributed by atoms with Crippen molar-refractivity contribution in [3.05, 3.63) is 23.8 Å². The number of benzene rings is 1. The molecule has 1 N–H and O–H groups in total. The van der Waals surface area contributed by atoms with Gasteiger partial charge in [0, 0.05) is 6.54 Å². The summed E-state index contributed by atoms with van der Waals surface area (Å²) < 4.78 is 0. The fraction of sp³-hybridized carbons (Fsp3) is 0.455. The molecule has 2 nitrogen and oxygen atoms in total. The van der Waals surface area contributed by atoms with Crippen LogP contribution in [0.2, 0.25) is 0 Å². The molecular weight excluding hydrogens is 196 g/mol. The first kappa shape index (κ1) is 8.42. The highest BCUT2D eigenvalue weighted by atomic mass is 35.5. The zero-order chi connectivity index (χ0) is 9.54. The molecule has 2 aliphatic heterocycles. The van der Waals surface area contributed by atoms with Gasteiger partial charge in [0.2, 0.25) is 0 Å². The Hall–Kier alpha value is -0.890. The highest BCUT2D eigenvalue weighted by molar-refractivity contribution is 6.18. The molecule has 1 unspecified atom stereocenters. The van der Waals surface area contributed by atoms with Crippen molar-refractivity contribution in [1.82, 2.24) is 0 Å². The van der Waals surface area contributed by atoms with Crippen LogP contribution in [0.3, 0.4) is 0 Å². The topological polar surface area (TPSA) is 15.3 Å². The van der Waals surface area contributed by atoms with Crippen LogP contribution in [0.4, 0.5) is 11.4 Å². The van der Waals surface area contributed by atoms with E-state index in [4.69, 9.17) is 11.6 Å². The number of aryl methyl sites for hydroxylation is 1. The van der Waals surface area contributed by atoms with Crippen molar-refractivity contribution in [2.45, 2.75) is 19.0 Å². The second kappa shape index (κ2) is 3.06. The Bertz CT molecular complexity index is 364. The normalized spacial score (nSPS) is 23.2. The smallest absolute Gasteiger partial charge is 0.113 e. The molecule has 1 aromatic rings. The molecule has 0 fully saturated rings. The summed E-state index contributed by atoms with van der Waals surface area (Å²) in [5.74, 6) is 0.647. The molecule has 1 atom stereocenters. The first-order chi connectivity index (χ1) is 6.90. The van der Waals surface area contributed by atoms with Crippen LogP contribution in [-0.2, 0) is 6.42 Å². The SMILES string of the molecule is ClCC1Nc2cccc3c2N1CCC3. The van der Waals surface area contributed by atoms with Gasteiger partial charge in [0.15, 0.2) is 0 Å². The predicted molar refractivity (Wildman–Crippen MR) is 60.2 cm³/mol. The second-order valence-electron chi connectivity index (χ2n) is 3.92. The minimum Gasteiger partial charge on any atom is -0.363 e. The van der Waals surface area contributed by atoms with Crippen LogP contribution in [0.25, 0.3) is 0 Å². The number of anilines is 2. The fourth-order valence-corrected chi connectivity index (χ4v) is 2.74. The molecule has 0 aliphatic carbocycles. The molecule has 3 heteroatoms. The number of nitrogens with one attached hydrogen (secondary N) is 1. The molecule has 0 saturated carbocycles. The van der Waals surface area contributed by atoms with Gasteiger partial charge in [-0.2, -0.15) is 0 Å². The number of alkyl halides is 1. The molecule has 0 bridgehead atoms. The molecule has 0 spiro atoms. The lowest BCUT2D eigenvalue weighted by molar-refractivity contribution is 0.661. The molecule has 0 saturated heterocycles. The Morgan fingerprint density at radius 2 is 2.43 bits per heavy atom. The maximum Gasteiger partial charge on any atom is 0.113 e. The van der Waals surface area contributed by atoms with E-state index < -0.39 is 0 Å². The van der Waals surface area contributed by atoms with E-state index in [0.29, 0.717) is 12.0 Å². The van der Waals surface area contributed by atoms with Crippen LogP contribution in [0.5, 0.6) is 0 Å². The molecule has 3 rings (SSSR count). The van der Waals surface area contributed by atoms with Gasteiger partial charge in [-0.05, 0) is 24.5 Å². The van der Waals surface area contributed by atoms with Gasteiger partial charge < -0.3 is 10.2 Å². The minimum absolute atomic E-state index is 0.299. The summed E-state index contributed by atoms with van der Waals surface area (Å²) in [5.41, 5.74) is 4.12. The average Bonchev–Trinajstić information content (AvgIpc) is 2.60. The maximum absolute atomic E-state index is 5.94. The summed E-state index contributed by atoms with van der Waals surface area (Å²) in [6, 6.07) is 6.49. The monoisotopic (exact) mass is 208 g/mol. The van der Waals surface area contributed by atoms with Gasteiger partial charge in [0.05, 0.1) is 17.3 Å². The van der Waals surface area contributed by atoms with Crippen molar-refractivity contribution in [3.8, 4) is 0 Å². The molecular formula is C11H13ClN2. The highest BCUT2D eigenvalue weighted by Gasteiger charge is 2.31. The fourth-order valence-electron chi connectivity index (χ4n) is 2.49. The molecule has 0 amide bonds. The molecule has 2 heterocycles. The van der Waals surface area contributed by atoms with Crippen LogP contribution < -0.4 is 10.2 Å². The van der Waals surface area contributed by atoms with E-state index in [2.05, 4.69) is 28.4 Å². The van der Waals surface area contributed by atoms with Gasteiger partial charge in [-0.1, -0.05) is 12.1 Å². The summed E-state index contributed by atoms with van der Waals surface area (Å²) >= 11 is 5.94. The molecule has 0 radical (unpaired) electrons. The minimum atomic E-state index is 0.299. The van der Waals surface area contributed by atoms with E-state index in [-0.39, 0.29) is 0 Å². The Kier molecular flexibility index (Phi) is 1.84. The van der Waals surface area contributed by atoms with Crippen LogP contribution >= 0.6 is 11.6 Å². The van der Waals surface area contributed by atoms with Crippen molar-refractivity contribution in [1.29, 1.82) is 0 Å². The molecule has 74 valence electrons. The van der Waals surface area contributed by atoms with Gasteiger partial charge in [-0.25, -0.2) is 0 Å². The second-order valence-corrected chi connectivity index (χ2v) is 4.23. The Morgan fingerprint density at radius 3 is 3.29 bits per heavy atom. The van der Waals surface area contributed by atoms with Gasteiger partial charge in [-0.15, -0.1) is 11.6 Å². The summed E-state index contributed by atoms with van der Waals surface area (Å²) in [4.78, 5) is 2.40. The van der Waals surface area contributed by atoms with Crippen molar-refractivity contribution < 1.29 is 0 Å². The van der Waals surface area contributed by atoms with Crippen LogP contribution in [-0.4, -0.2) is 18.6 Å². The Morgan fingerprint density at radius 1 is 1.50 bits per heavy atom. The summed E-state index contributed by atoms with van der Waals surface area (Å²) in [5, 5.41) is 3.46. The zero-order valence-electron chi connectivity index (χ0n) is 7.96. The van der Waals surface area contributed by atoms with Crippen molar-refractivity contribution >= 4 is 23.0 Å². The number of hydrogen-bond donors (Lipinski definition) is 1. The standard InChI is InChI=1S/C11H13ClN2/c12-7-10-13-9-5-1-3-8-4-2-6-14(10)11(8)9/h1,3,5,10,13H,2,4,6-7H2. The van der Waals surface area contributed by atoms with E-state index in [0.717, 1.165) is 6.54 Å². The largest absolute Gasteiger partial charge is 0.363 e. The number of hydrogen-bond acceptors (Lipinski definition) is 2. The van der Waals surface area contributed by atoms with E-state index in [1.807, 2.05) is 0 Å². The number of halogens is 1. The summed E-state index contributed by atoms with van der Waals surface area (Å²) in [7, 11) is 0. The van der Waals surface area contributed by atoms with Crippen molar-refractivity contribution in [2.75, 3.05) is 22.6 Å². The third-order valence-electron chi connectivity index (χ3n) is 3.10. The number of nitrogens with zero attached hydrogens (tertiary/aromatic N) is 1. The van der Waals surface area contributed by atoms with E-state index in [1.54, 1.807) is 0 Å². The molecule has 0 aromatic heterocycles. The predicted octanol–water partition coefficient (Wildman–Crippen LogP) is 2.43. The van der Waals surface area contributed by atoms with Crippen LogP contribution in [0.1, 0.15) is 12.0 Å². The number of rotatable bonds is 1. The third-order valence-corrected chi connectivity index (χ3v) is 3.39. The first-order valence-electron chi connectivity index (χ1n) is 5.11. The zero-order valence-corrected chi connectivity index (χ0v) is 8.72.